The minimum absolute atomic E-state index is 0.0214. The molecule has 8 heteroatoms. The molecule has 2 amide bonds. The summed E-state index contributed by atoms with van der Waals surface area (Å²) in [7, 11) is 0. The van der Waals surface area contributed by atoms with Crippen LogP contribution in [0, 0.1) is 0 Å². The van der Waals surface area contributed by atoms with Crippen molar-refractivity contribution < 1.29 is 14.3 Å². The predicted octanol–water partition coefficient (Wildman–Crippen LogP) is 3.27. The number of hydrogen-bond acceptors (Lipinski definition) is 5. The number of fused-ring (bicyclic) bond motifs is 1. The zero-order chi connectivity index (χ0) is 21.6. The van der Waals surface area contributed by atoms with Crippen LogP contribution in [0.5, 0.6) is 0 Å². The van der Waals surface area contributed by atoms with Gasteiger partial charge in [0.05, 0.1) is 23.8 Å². The molecule has 2 aromatic rings. The lowest BCUT2D eigenvalue weighted by atomic mass is 10.2. The molecule has 0 spiro atoms. The van der Waals surface area contributed by atoms with Crippen LogP contribution in [0.3, 0.4) is 0 Å². The molecule has 1 N–H and O–H groups in total. The van der Waals surface area contributed by atoms with E-state index < -0.39 is 0 Å². The van der Waals surface area contributed by atoms with Gasteiger partial charge in [0.1, 0.15) is 6.54 Å². The number of amides is 2. The topological polar surface area (TPSA) is 61.9 Å². The summed E-state index contributed by atoms with van der Waals surface area (Å²) in [5, 5.41) is 3.55. The largest absolute Gasteiger partial charge is 0.379 e. The third-order valence-corrected chi connectivity index (χ3v) is 6.45. The maximum atomic E-state index is 13.2. The van der Waals surface area contributed by atoms with Gasteiger partial charge in [0.25, 0.3) is 5.91 Å². The summed E-state index contributed by atoms with van der Waals surface area (Å²) in [5.41, 5.74) is 1.60. The number of anilines is 1. The maximum absolute atomic E-state index is 13.2. The Balaban J connectivity index is 1.46. The SMILES string of the molecule is O=C(CN1C(=O)/C(=C\c2cccc(Cl)c2)Sc2ccccc21)NCCN1CCOCC1. The van der Waals surface area contributed by atoms with Crippen molar-refractivity contribution in [3.63, 3.8) is 0 Å². The van der Waals surface area contributed by atoms with Gasteiger partial charge in [0.15, 0.2) is 0 Å². The first-order chi connectivity index (χ1) is 15.1. The number of rotatable bonds is 6. The van der Waals surface area contributed by atoms with Crippen molar-refractivity contribution in [3.05, 3.63) is 64.0 Å². The Morgan fingerprint density at radius 2 is 1.97 bits per heavy atom. The average Bonchev–Trinajstić information content (AvgIpc) is 2.77. The van der Waals surface area contributed by atoms with E-state index in [0.29, 0.717) is 16.5 Å². The van der Waals surface area contributed by atoms with E-state index in [9.17, 15) is 9.59 Å². The fourth-order valence-corrected chi connectivity index (χ4v) is 4.80. The lowest BCUT2D eigenvalue weighted by Gasteiger charge is -2.30. The first-order valence-corrected chi connectivity index (χ1v) is 11.4. The van der Waals surface area contributed by atoms with Gasteiger partial charge in [-0.1, -0.05) is 47.6 Å². The average molecular weight is 458 g/mol. The monoisotopic (exact) mass is 457 g/mol. The molecule has 0 radical (unpaired) electrons. The summed E-state index contributed by atoms with van der Waals surface area (Å²) >= 11 is 7.50. The van der Waals surface area contributed by atoms with Crippen LogP contribution >= 0.6 is 23.4 Å². The Hall–Kier alpha value is -2.32. The summed E-state index contributed by atoms with van der Waals surface area (Å²) in [6, 6.07) is 15.0. The molecule has 0 bridgehead atoms. The van der Waals surface area contributed by atoms with Crippen LogP contribution in [0.15, 0.2) is 58.3 Å². The minimum Gasteiger partial charge on any atom is -0.379 e. The van der Waals surface area contributed by atoms with Crippen molar-refractivity contribution in [2.45, 2.75) is 4.90 Å². The van der Waals surface area contributed by atoms with Gasteiger partial charge < -0.3 is 10.1 Å². The molecule has 2 aliphatic rings. The van der Waals surface area contributed by atoms with Crippen LogP contribution in [0.25, 0.3) is 6.08 Å². The van der Waals surface area contributed by atoms with E-state index >= 15 is 0 Å². The Morgan fingerprint density at radius 1 is 1.16 bits per heavy atom. The van der Waals surface area contributed by atoms with Crippen molar-refractivity contribution >= 4 is 46.9 Å². The molecular weight excluding hydrogens is 434 g/mol. The molecular formula is C23H24ClN3O3S. The van der Waals surface area contributed by atoms with Crippen LogP contribution in [-0.2, 0) is 14.3 Å². The fourth-order valence-electron chi connectivity index (χ4n) is 3.54. The van der Waals surface area contributed by atoms with Crippen molar-refractivity contribution in [1.82, 2.24) is 10.2 Å². The predicted molar refractivity (Wildman–Crippen MR) is 124 cm³/mol. The second kappa shape index (κ2) is 10.3. The number of carbonyl (C=O) groups is 2. The number of ether oxygens (including phenoxy) is 1. The van der Waals surface area contributed by atoms with Gasteiger partial charge in [-0.3, -0.25) is 19.4 Å². The highest BCUT2D eigenvalue weighted by Gasteiger charge is 2.30. The van der Waals surface area contributed by atoms with E-state index in [-0.39, 0.29) is 18.4 Å². The Labute approximate surface area is 191 Å². The highest BCUT2D eigenvalue weighted by molar-refractivity contribution is 8.04. The second-order valence-electron chi connectivity index (χ2n) is 7.33. The number of thioether (sulfide) groups is 1. The van der Waals surface area contributed by atoms with E-state index in [0.717, 1.165) is 49.0 Å². The first kappa shape index (κ1) is 21.9. The van der Waals surface area contributed by atoms with Gasteiger partial charge in [-0.2, -0.15) is 0 Å². The molecule has 31 heavy (non-hydrogen) atoms. The third-order valence-electron chi connectivity index (χ3n) is 5.13. The first-order valence-electron chi connectivity index (χ1n) is 10.2. The molecule has 0 aliphatic carbocycles. The normalized spacial score (nSPS) is 18.2. The summed E-state index contributed by atoms with van der Waals surface area (Å²) in [5.74, 6) is -0.363. The molecule has 6 nitrogen and oxygen atoms in total. The number of nitrogens with one attached hydrogen (secondary N) is 1. The van der Waals surface area contributed by atoms with Gasteiger partial charge in [0.2, 0.25) is 5.91 Å². The highest BCUT2D eigenvalue weighted by atomic mass is 35.5. The van der Waals surface area contributed by atoms with Gasteiger partial charge in [-0.25, -0.2) is 0 Å². The molecule has 1 saturated heterocycles. The molecule has 4 rings (SSSR count). The van der Waals surface area contributed by atoms with Gasteiger partial charge in [-0.05, 0) is 35.9 Å². The zero-order valence-corrected chi connectivity index (χ0v) is 18.6. The van der Waals surface area contributed by atoms with E-state index in [4.69, 9.17) is 16.3 Å². The Bertz CT molecular complexity index is 992. The molecule has 0 aromatic heterocycles. The van der Waals surface area contributed by atoms with Crippen LogP contribution in [0.2, 0.25) is 5.02 Å². The lowest BCUT2D eigenvalue weighted by molar-refractivity contribution is -0.122. The molecule has 1 fully saturated rings. The molecule has 0 atom stereocenters. The van der Waals surface area contributed by atoms with Gasteiger partial charge in [0, 0.05) is 36.1 Å². The molecule has 162 valence electrons. The van der Waals surface area contributed by atoms with Crippen molar-refractivity contribution in [1.29, 1.82) is 0 Å². The van der Waals surface area contributed by atoms with E-state index in [1.807, 2.05) is 48.5 Å². The van der Waals surface area contributed by atoms with Crippen LogP contribution < -0.4 is 10.2 Å². The van der Waals surface area contributed by atoms with Crippen LogP contribution in [0.4, 0.5) is 5.69 Å². The molecule has 2 aromatic carbocycles. The summed E-state index contributed by atoms with van der Waals surface area (Å²) in [4.78, 5) is 31.2. The molecule has 0 saturated carbocycles. The summed E-state index contributed by atoms with van der Waals surface area (Å²) < 4.78 is 5.34. The maximum Gasteiger partial charge on any atom is 0.265 e. The second-order valence-corrected chi connectivity index (χ2v) is 8.85. The zero-order valence-electron chi connectivity index (χ0n) is 17.1. The van der Waals surface area contributed by atoms with E-state index in [2.05, 4.69) is 10.2 Å². The van der Waals surface area contributed by atoms with E-state index in [1.54, 1.807) is 11.0 Å². The molecule has 0 unspecified atom stereocenters. The number of nitrogens with zero attached hydrogens (tertiary/aromatic N) is 2. The summed E-state index contributed by atoms with van der Waals surface area (Å²) in [6.07, 6.45) is 1.82. The van der Waals surface area contributed by atoms with Gasteiger partial charge in [-0.15, -0.1) is 0 Å². The number of para-hydroxylation sites is 1. The van der Waals surface area contributed by atoms with Crippen molar-refractivity contribution in [2.75, 3.05) is 50.8 Å². The Morgan fingerprint density at radius 3 is 2.77 bits per heavy atom. The van der Waals surface area contributed by atoms with Gasteiger partial charge >= 0.3 is 0 Å². The lowest BCUT2D eigenvalue weighted by Crippen LogP contribution is -2.45. The molecule has 2 heterocycles. The number of benzene rings is 2. The third kappa shape index (κ3) is 5.68. The fraction of sp³-hybridized carbons (Fsp3) is 0.304. The summed E-state index contributed by atoms with van der Waals surface area (Å²) in [6.45, 7) is 4.51. The van der Waals surface area contributed by atoms with Crippen molar-refractivity contribution in [2.24, 2.45) is 0 Å². The van der Waals surface area contributed by atoms with Crippen molar-refractivity contribution in [3.8, 4) is 0 Å². The highest BCUT2D eigenvalue weighted by Crippen LogP contribution is 2.41. The quantitative estimate of drug-likeness (QED) is 0.674. The number of carbonyl (C=O) groups excluding carboxylic acids is 2. The van der Waals surface area contributed by atoms with Crippen LogP contribution in [-0.4, -0.2) is 62.7 Å². The number of morpholine rings is 1. The van der Waals surface area contributed by atoms with Crippen LogP contribution in [0.1, 0.15) is 5.56 Å². The van der Waals surface area contributed by atoms with E-state index in [1.165, 1.54) is 11.8 Å². The number of halogens is 1. The Kier molecular flexibility index (Phi) is 7.29. The minimum atomic E-state index is -0.188. The standard InChI is InChI=1S/C23H24ClN3O3S/c24-18-5-3-4-17(14-18)15-21-23(29)27(19-6-1-2-7-20(19)31-21)16-22(28)25-8-9-26-10-12-30-13-11-26/h1-7,14-15H,8-13,16H2,(H,25,28)/b21-15+. The molecule has 2 aliphatic heterocycles. The number of hydrogen-bond donors (Lipinski definition) is 1. The smallest absolute Gasteiger partial charge is 0.265 e.